The molecule has 390 valence electrons. The van der Waals surface area contributed by atoms with E-state index in [9.17, 15) is 14.4 Å². The van der Waals surface area contributed by atoms with Crippen LogP contribution in [0.3, 0.4) is 0 Å². The first-order chi connectivity index (χ1) is 34.2. The number of para-hydroxylation sites is 1. The molecule has 7 heterocycles. The van der Waals surface area contributed by atoms with E-state index in [0.717, 1.165) is 80.5 Å². The van der Waals surface area contributed by atoms with Crippen LogP contribution in [-0.2, 0) is 23.6 Å². The van der Waals surface area contributed by atoms with Gasteiger partial charge in [-0.2, -0.15) is 0 Å². The average molecular weight is 1000 g/mol. The number of halogens is 1. The second kappa shape index (κ2) is 23.9. The largest absolute Gasteiger partial charge is 0.494 e. The van der Waals surface area contributed by atoms with E-state index in [1.165, 1.54) is 128 Å². The number of fused-ring (bicyclic) bond motifs is 2. The lowest BCUT2D eigenvalue weighted by Crippen LogP contribution is -2.55. The third-order valence-electron chi connectivity index (χ3n) is 18.5. The van der Waals surface area contributed by atoms with Gasteiger partial charge >= 0.3 is 19.3 Å². The Hall–Kier alpha value is -3.40. The van der Waals surface area contributed by atoms with Crippen LogP contribution in [-0.4, -0.2) is 160 Å². The highest BCUT2D eigenvalue weighted by Crippen LogP contribution is 2.52. The number of amides is 2. The highest BCUT2D eigenvalue weighted by Gasteiger charge is 2.53. The van der Waals surface area contributed by atoms with Gasteiger partial charge in [0.2, 0.25) is 0 Å². The van der Waals surface area contributed by atoms with Gasteiger partial charge in [-0.1, -0.05) is 48.5 Å². The Balaban J connectivity index is 0.000000137. The van der Waals surface area contributed by atoms with Gasteiger partial charge in [0.25, 0.3) is 0 Å². The van der Waals surface area contributed by atoms with Crippen molar-refractivity contribution in [3.8, 4) is 0 Å². The Bertz CT molecular complexity index is 2010. The van der Waals surface area contributed by atoms with Gasteiger partial charge in [-0.05, 0) is 183 Å². The second-order valence-electron chi connectivity index (χ2n) is 23.0. The van der Waals surface area contributed by atoms with Crippen molar-refractivity contribution in [2.45, 2.75) is 159 Å². The molecule has 0 unspecified atom stereocenters. The fraction of sp³-hybridized carbons (Fsp3) is 0.732. The van der Waals surface area contributed by atoms with E-state index < -0.39 is 0 Å². The summed E-state index contributed by atoms with van der Waals surface area (Å²) in [5.74, 6) is 2.00. The van der Waals surface area contributed by atoms with E-state index in [4.69, 9.17) is 18.8 Å². The van der Waals surface area contributed by atoms with E-state index >= 15 is 0 Å². The summed E-state index contributed by atoms with van der Waals surface area (Å²) in [6, 6.07) is 24.0. The summed E-state index contributed by atoms with van der Waals surface area (Å²) < 4.78 is 21.9. The van der Waals surface area contributed by atoms with Crippen molar-refractivity contribution in [1.82, 2.24) is 24.9 Å². The van der Waals surface area contributed by atoms with Gasteiger partial charge in [0.05, 0.1) is 25.4 Å². The lowest BCUT2D eigenvalue weighted by Gasteiger charge is -2.52. The molecule has 2 aromatic carbocycles. The van der Waals surface area contributed by atoms with Crippen molar-refractivity contribution in [2.24, 2.45) is 22.7 Å². The van der Waals surface area contributed by atoms with Crippen LogP contribution < -0.4 is 15.7 Å². The van der Waals surface area contributed by atoms with Crippen LogP contribution in [0.1, 0.15) is 123 Å². The Morgan fingerprint density at radius 3 is 1.69 bits per heavy atom. The lowest BCUT2D eigenvalue weighted by atomic mass is 9.64. The highest BCUT2D eigenvalue weighted by molar-refractivity contribution is 6.61. The fourth-order valence-corrected chi connectivity index (χ4v) is 14.8. The molecule has 15 heteroatoms. The number of likely N-dealkylation sites (tertiary alicyclic amines) is 4. The van der Waals surface area contributed by atoms with E-state index in [-0.39, 0.29) is 49.7 Å². The maximum atomic E-state index is 12.0. The van der Waals surface area contributed by atoms with Crippen LogP contribution in [0, 0.1) is 22.7 Å². The van der Waals surface area contributed by atoms with Gasteiger partial charge in [0, 0.05) is 75.4 Å². The number of Topliss-reactive ketones (excluding diaryl/α,β-unsaturated/α-hetero) is 1. The third-order valence-corrected chi connectivity index (χ3v) is 18.5. The maximum absolute atomic E-state index is 12.0. The van der Waals surface area contributed by atoms with Crippen LogP contribution in [0.4, 0.5) is 15.3 Å². The molecule has 2 bridgehead atoms. The number of ketones is 1. The number of nitrogens with one attached hydrogen (secondary N) is 1. The van der Waals surface area contributed by atoms with Crippen LogP contribution in [0.15, 0.2) is 60.7 Å². The molecule has 0 aromatic heterocycles. The van der Waals surface area contributed by atoms with Crippen molar-refractivity contribution in [3.05, 3.63) is 60.7 Å². The van der Waals surface area contributed by atoms with Gasteiger partial charge in [-0.3, -0.25) is 4.79 Å². The summed E-state index contributed by atoms with van der Waals surface area (Å²) in [6.45, 7) is 15.9. The molecule has 4 atom stereocenters. The normalized spacial score (nSPS) is 33.1. The van der Waals surface area contributed by atoms with Crippen LogP contribution in [0.2, 0.25) is 0 Å². The number of hydrogen-bond donors (Lipinski definition) is 1. The SMILES string of the molecule is CCOC(=O)N1CCC2(CC(N3CCC([C@@H]4CCCN4)CC3)C2)C1.CCOC(=O)N1CCC2(CC(N3CCC([C@@H]4CCCN4c4ccccc4)CC3)C2)C1.Cl.O=C1C[C@@H]2C[C@H](C1)OB(c1ccccc1)O2. The number of anilines is 1. The van der Waals surface area contributed by atoms with Gasteiger partial charge in [0.15, 0.2) is 0 Å². The number of rotatable bonds is 8. The Morgan fingerprint density at radius 2 is 1.18 bits per heavy atom. The number of ether oxygens (including phenoxy) is 2. The van der Waals surface area contributed by atoms with E-state index in [2.05, 4.69) is 50.3 Å². The molecule has 2 amide bonds. The second-order valence-corrected chi connectivity index (χ2v) is 23.0. The number of nitrogens with zero attached hydrogens (tertiary/aromatic N) is 5. The molecular weight excluding hydrogens is 915 g/mol. The highest BCUT2D eigenvalue weighted by atomic mass is 35.5. The fourth-order valence-electron chi connectivity index (χ4n) is 14.8. The molecule has 2 spiro atoms. The molecule has 13 nitrogen and oxygen atoms in total. The van der Waals surface area contributed by atoms with Crippen molar-refractivity contribution in [3.63, 3.8) is 0 Å². The molecule has 2 aromatic rings. The van der Waals surface area contributed by atoms with Gasteiger partial charge in [-0.25, -0.2) is 9.59 Å². The molecule has 10 fully saturated rings. The zero-order valence-electron chi connectivity index (χ0n) is 43.0. The van der Waals surface area contributed by atoms with E-state index in [1.807, 2.05) is 54.0 Å². The maximum Gasteiger partial charge on any atom is 0.494 e. The Morgan fingerprint density at radius 1 is 0.662 bits per heavy atom. The molecule has 12 rings (SSSR count). The summed E-state index contributed by atoms with van der Waals surface area (Å²) in [7, 11) is -0.293. The smallest absolute Gasteiger partial charge is 0.450 e. The predicted molar refractivity (Wildman–Crippen MR) is 281 cm³/mol. The molecular formula is C56H84BClN6O7. The zero-order chi connectivity index (χ0) is 48.1. The number of piperidine rings is 2. The lowest BCUT2D eigenvalue weighted by molar-refractivity contribution is -0.129. The number of benzene rings is 2. The van der Waals surface area contributed by atoms with Gasteiger partial charge in [-0.15, -0.1) is 12.4 Å². The molecule has 10 aliphatic rings. The molecule has 1 N–H and O–H groups in total. The molecule has 3 saturated carbocycles. The first-order valence-electron chi connectivity index (χ1n) is 27.9. The van der Waals surface area contributed by atoms with Crippen molar-refractivity contribution >= 4 is 48.6 Å². The van der Waals surface area contributed by atoms with Crippen LogP contribution in [0.5, 0.6) is 0 Å². The zero-order valence-corrected chi connectivity index (χ0v) is 43.8. The number of carbonyl (C=O) groups excluding carboxylic acids is 3. The van der Waals surface area contributed by atoms with Crippen molar-refractivity contribution < 1.29 is 33.2 Å². The minimum atomic E-state index is -0.293. The average Bonchev–Trinajstić information content (AvgIpc) is 4.22. The minimum Gasteiger partial charge on any atom is -0.450 e. The summed E-state index contributed by atoms with van der Waals surface area (Å²) in [5, 5.41) is 3.70. The predicted octanol–water partition coefficient (Wildman–Crippen LogP) is 8.18. The van der Waals surface area contributed by atoms with Crippen LogP contribution in [0.25, 0.3) is 0 Å². The molecule has 3 aliphatic carbocycles. The topological polar surface area (TPSA) is 116 Å². The third kappa shape index (κ3) is 12.4. The van der Waals surface area contributed by atoms with E-state index in [0.29, 0.717) is 36.9 Å². The van der Waals surface area contributed by atoms with E-state index in [1.54, 1.807) is 0 Å². The first-order valence-corrected chi connectivity index (χ1v) is 27.9. The molecule has 7 aliphatic heterocycles. The summed E-state index contributed by atoms with van der Waals surface area (Å²) in [4.78, 5) is 47.3. The quantitative estimate of drug-likeness (QED) is 0.258. The number of hydrogen-bond acceptors (Lipinski definition) is 11. The monoisotopic (exact) mass is 999 g/mol. The minimum absolute atomic E-state index is 0. The standard InChI is InChI=1S/C25H37N3O2.C19H33N3O2.C12H13BO3.ClH/c1-2-30-24(29)27-16-12-25(19-27)17-22(18-25)26-14-10-20(11-15-26)23-9-6-13-28(23)21-7-4-3-5-8-21;1-2-24-18(23)22-11-7-19(14-22)12-16(13-19)21-9-5-15(6-10-21)17-4-3-8-20-17;14-10-6-11-8-12(7-10)16-13(15-11)9-4-2-1-3-5-9;/h3-5,7-8,20,22-23H,2,6,9-19H2,1H3;15-17,20H,2-14H2,1H3;1-5,11-12H,6-8H2;1H/t22?,23-,25?;16?,17-,19?;11-,12+;/m00../s1. The van der Waals surface area contributed by atoms with Crippen molar-refractivity contribution in [2.75, 3.05) is 83.6 Å². The van der Waals surface area contributed by atoms with Gasteiger partial charge in [0.1, 0.15) is 5.78 Å². The number of carbonyl (C=O) groups is 3. The molecule has 0 radical (unpaired) electrons. The van der Waals surface area contributed by atoms with Crippen LogP contribution >= 0.6 is 12.4 Å². The first kappa shape index (κ1) is 52.5. The van der Waals surface area contributed by atoms with Crippen molar-refractivity contribution in [1.29, 1.82) is 0 Å². The van der Waals surface area contributed by atoms with Gasteiger partial charge < -0.3 is 48.6 Å². The Kier molecular flexibility index (Phi) is 17.6. The molecule has 7 saturated heterocycles. The summed E-state index contributed by atoms with van der Waals surface area (Å²) >= 11 is 0. The molecule has 71 heavy (non-hydrogen) atoms. The summed E-state index contributed by atoms with van der Waals surface area (Å²) in [6.07, 6.45) is 20.1. The Labute approximate surface area is 431 Å². The summed E-state index contributed by atoms with van der Waals surface area (Å²) in [5.41, 5.74) is 3.23.